The van der Waals surface area contributed by atoms with E-state index < -0.39 is 0 Å². The Balaban J connectivity index is 1.69. The van der Waals surface area contributed by atoms with Crippen LogP contribution in [0.4, 0.5) is 4.39 Å². The van der Waals surface area contributed by atoms with E-state index in [0.29, 0.717) is 48.3 Å². The first-order valence-electron chi connectivity index (χ1n) is 8.29. The Hall–Kier alpha value is -2.87. The van der Waals surface area contributed by atoms with E-state index in [2.05, 4.69) is 20.5 Å². The number of benzene rings is 1. The fourth-order valence-electron chi connectivity index (χ4n) is 2.75. The molecule has 1 aromatic carbocycles. The summed E-state index contributed by atoms with van der Waals surface area (Å²) in [5, 5.41) is 11.5. The highest BCUT2D eigenvalue weighted by Crippen LogP contribution is 2.19. The van der Waals surface area contributed by atoms with Gasteiger partial charge in [0.15, 0.2) is 0 Å². The molecule has 3 rings (SSSR count). The lowest BCUT2D eigenvalue weighted by Crippen LogP contribution is -2.27. The van der Waals surface area contributed by atoms with Crippen molar-refractivity contribution in [3.05, 3.63) is 53.5 Å². The SMILES string of the molecule is COCCn1cnnc1CCNC(=O)c1cc(C)nc2cc(F)ccc12. The molecule has 136 valence electrons. The summed E-state index contributed by atoms with van der Waals surface area (Å²) in [6.45, 7) is 3.41. The van der Waals surface area contributed by atoms with Crippen molar-refractivity contribution < 1.29 is 13.9 Å². The quantitative estimate of drug-likeness (QED) is 0.698. The lowest BCUT2D eigenvalue weighted by Gasteiger charge is -2.10. The fourth-order valence-corrected chi connectivity index (χ4v) is 2.75. The van der Waals surface area contributed by atoms with Crippen LogP contribution < -0.4 is 5.32 Å². The van der Waals surface area contributed by atoms with Crippen molar-refractivity contribution in [2.75, 3.05) is 20.3 Å². The normalized spacial score (nSPS) is 11.0. The van der Waals surface area contributed by atoms with Gasteiger partial charge in [-0.2, -0.15) is 0 Å². The maximum Gasteiger partial charge on any atom is 0.252 e. The van der Waals surface area contributed by atoms with Gasteiger partial charge in [0.25, 0.3) is 5.91 Å². The Kier molecular flexibility index (Phi) is 5.52. The average molecular weight is 357 g/mol. The van der Waals surface area contributed by atoms with Gasteiger partial charge in [0, 0.05) is 43.8 Å². The first-order chi connectivity index (χ1) is 12.6. The molecule has 0 aliphatic heterocycles. The van der Waals surface area contributed by atoms with E-state index in [1.807, 2.05) is 4.57 Å². The highest BCUT2D eigenvalue weighted by atomic mass is 19.1. The molecule has 0 spiro atoms. The second-order valence-corrected chi connectivity index (χ2v) is 5.91. The molecule has 0 saturated carbocycles. The van der Waals surface area contributed by atoms with Gasteiger partial charge in [0.2, 0.25) is 0 Å². The molecule has 26 heavy (non-hydrogen) atoms. The smallest absolute Gasteiger partial charge is 0.252 e. The molecular weight excluding hydrogens is 337 g/mol. The van der Waals surface area contributed by atoms with Crippen LogP contribution in [0.3, 0.4) is 0 Å². The van der Waals surface area contributed by atoms with E-state index in [9.17, 15) is 9.18 Å². The number of hydrogen-bond acceptors (Lipinski definition) is 5. The van der Waals surface area contributed by atoms with Gasteiger partial charge in [0.1, 0.15) is 18.0 Å². The Morgan fingerprint density at radius 3 is 3.00 bits per heavy atom. The summed E-state index contributed by atoms with van der Waals surface area (Å²) in [5.41, 5.74) is 1.61. The number of aromatic nitrogens is 4. The number of amides is 1. The summed E-state index contributed by atoms with van der Waals surface area (Å²) in [6, 6.07) is 5.94. The van der Waals surface area contributed by atoms with Crippen molar-refractivity contribution in [1.82, 2.24) is 25.1 Å². The molecule has 0 saturated heterocycles. The number of carbonyl (C=O) groups is 1. The maximum absolute atomic E-state index is 13.4. The molecule has 0 unspecified atom stereocenters. The van der Waals surface area contributed by atoms with Crippen molar-refractivity contribution in [3.63, 3.8) is 0 Å². The van der Waals surface area contributed by atoms with Crippen LogP contribution >= 0.6 is 0 Å². The highest BCUT2D eigenvalue weighted by Gasteiger charge is 2.13. The van der Waals surface area contributed by atoms with Crippen LogP contribution in [0.5, 0.6) is 0 Å². The predicted molar refractivity (Wildman–Crippen MR) is 94.4 cm³/mol. The van der Waals surface area contributed by atoms with Gasteiger partial charge in [-0.1, -0.05) is 0 Å². The summed E-state index contributed by atoms with van der Waals surface area (Å²) >= 11 is 0. The number of nitrogens with zero attached hydrogens (tertiary/aromatic N) is 4. The van der Waals surface area contributed by atoms with Gasteiger partial charge in [-0.05, 0) is 25.1 Å². The standard InChI is InChI=1S/C18H20FN5O2/c1-12-9-15(14-4-3-13(19)10-16(14)22-12)18(25)20-6-5-17-23-21-11-24(17)7-8-26-2/h3-4,9-11H,5-8H2,1-2H3,(H,20,25). The third-order valence-electron chi connectivity index (χ3n) is 4.01. The molecule has 0 bridgehead atoms. The van der Waals surface area contributed by atoms with E-state index in [1.165, 1.54) is 12.1 Å². The number of aryl methyl sites for hydroxylation is 1. The Morgan fingerprint density at radius 2 is 2.19 bits per heavy atom. The summed E-state index contributed by atoms with van der Waals surface area (Å²) in [6.07, 6.45) is 2.19. The zero-order chi connectivity index (χ0) is 18.5. The van der Waals surface area contributed by atoms with Gasteiger partial charge < -0.3 is 14.6 Å². The second-order valence-electron chi connectivity index (χ2n) is 5.91. The van der Waals surface area contributed by atoms with Crippen LogP contribution in [0.1, 0.15) is 21.9 Å². The monoisotopic (exact) mass is 357 g/mol. The van der Waals surface area contributed by atoms with Crippen LogP contribution in [0, 0.1) is 12.7 Å². The number of rotatable bonds is 7. The van der Waals surface area contributed by atoms with Crippen LogP contribution in [0.2, 0.25) is 0 Å². The Bertz CT molecular complexity index is 920. The number of carbonyl (C=O) groups excluding carboxylic acids is 1. The van der Waals surface area contributed by atoms with E-state index >= 15 is 0 Å². The van der Waals surface area contributed by atoms with Crippen LogP contribution in [-0.2, 0) is 17.7 Å². The van der Waals surface area contributed by atoms with Crippen molar-refractivity contribution >= 4 is 16.8 Å². The van der Waals surface area contributed by atoms with E-state index in [4.69, 9.17) is 4.74 Å². The molecule has 1 N–H and O–H groups in total. The Labute approximate surface area is 150 Å². The molecule has 0 fully saturated rings. The van der Waals surface area contributed by atoms with Gasteiger partial charge in [-0.25, -0.2) is 4.39 Å². The molecular formula is C18H20FN5O2. The molecule has 0 atom stereocenters. The maximum atomic E-state index is 13.4. The number of pyridine rings is 1. The molecule has 0 aliphatic carbocycles. The van der Waals surface area contributed by atoms with Crippen LogP contribution in [-0.4, -0.2) is 45.9 Å². The van der Waals surface area contributed by atoms with Gasteiger partial charge in [-0.3, -0.25) is 9.78 Å². The minimum atomic E-state index is -0.377. The summed E-state index contributed by atoms with van der Waals surface area (Å²) in [7, 11) is 1.64. The highest BCUT2D eigenvalue weighted by molar-refractivity contribution is 6.06. The number of hydrogen-bond donors (Lipinski definition) is 1. The first kappa shape index (κ1) is 17.9. The zero-order valence-electron chi connectivity index (χ0n) is 14.7. The van der Waals surface area contributed by atoms with Crippen molar-refractivity contribution in [1.29, 1.82) is 0 Å². The van der Waals surface area contributed by atoms with Crippen molar-refractivity contribution in [2.24, 2.45) is 0 Å². The minimum absolute atomic E-state index is 0.227. The molecule has 2 aromatic heterocycles. The van der Waals surface area contributed by atoms with Gasteiger partial charge in [-0.15, -0.1) is 10.2 Å². The fraction of sp³-hybridized carbons (Fsp3) is 0.333. The summed E-state index contributed by atoms with van der Waals surface area (Å²) < 4.78 is 20.4. The van der Waals surface area contributed by atoms with Gasteiger partial charge >= 0.3 is 0 Å². The van der Waals surface area contributed by atoms with Crippen molar-refractivity contribution in [2.45, 2.75) is 19.9 Å². The van der Waals surface area contributed by atoms with Crippen LogP contribution in [0.25, 0.3) is 10.9 Å². The molecule has 0 aliphatic rings. The predicted octanol–water partition coefficient (Wildman–Crippen LogP) is 1.89. The molecule has 2 heterocycles. The van der Waals surface area contributed by atoms with Crippen molar-refractivity contribution in [3.8, 4) is 0 Å². The number of halogens is 1. The first-order valence-corrected chi connectivity index (χ1v) is 8.29. The number of fused-ring (bicyclic) bond motifs is 1. The third kappa shape index (κ3) is 4.02. The van der Waals surface area contributed by atoms with E-state index in [0.717, 1.165) is 5.82 Å². The minimum Gasteiger partial charge on any atom is -0.383 e. The zero-order valence-corrected chi connectivity index (χ0v) is 14.7. The second kappa shape index (κ2) is 8.01. The molecule has 8 heteroatoms. The summed E-state index contributed by atoms with van der Waals surface area (Å²) in [5.74, 6) is 0.174. The molecule has 1 amide bonds. The van der Waals surface area contributed by atoms with Gasteiger partial charge in [0.05, 0.1) is 17.7 Å². The van der Waals surface area contributed by atoms with E-state index in [1.54, 1.807) is 32.5 Å². The number of methoxy groups -OCH3 is 1. The van der Waals surface area contributed by atoms with E-state index in [-0.39, 0.29) is 11.7 Å². The topological polar surface area (TPSA) is 81.9 Å². The lowest BCUT2D eigenvalue weighted by atomic mass is 10.1. The lowest BCUT2D eigenvalue weighted by molar-refractivity contribution is 0.0955. The summed E-state index contributed by atoms with van der Waals surface area (Å²) in [4.78, 5) is 16.9. The average Bonchev–Trinajstić information content (AvgIpc) is 3.06. The molecule has 0 radical (unpaired) electrons. The Morgan fingerprint density at radius 1 is 1.35 bits per heavy atom. The van der Waals surface area contributed by atoms with Crippen LogP contribution in [0.15, 0.2) is 30.6 Å². The largest absolute Gasteiger partial charge is 0.383 e. The molecule has 3 aromatic rings. The third-order valence-corrected chi connectivity index (χ3v) is 4.01. The number of ether oxygens (including phenoxy) is 1. The number of nitrogens with one attached hydrogen (secondary N) is 1. The molecule has 7 nitrogen and oxygen atoms in total.